The van der Waals surface area contributed by atoms with Crippen LogP contribution in [0.1, 0.15) is 11.8 Å². The summed E-state index contributed by atoms with van der Waals surface area (Å²) in [4.78, 5) is 7.37. The summed E-state index contributed by atoms with van der Waals surface area (Å²) in [6.07, 6.45) is 3.05. The molecule has 9 heteroatoms. The Labute approximate surface area is 124 Å². The number of anilines is 1. The lowest BCUT2D eigenvalue weighted by atomic mass is 10.2. The van der Waals surface area contributed by atoms with E-state index in [0.717, 1.165) is 24.5 Å². The topological polar surface area (TPSA) is 79.5 Å². The maximum Gasteiger partial charge on any atom is 0.211 e. The first-order valence-corrected chi connectivity index (χ1v) is 8.42. The monoisotopic (exact) mass is 326 g/mol. The lowest BCUT2D eigenvalue weighted by Crippen LogP contribution is -2.53. The second kappa shape index (κ2) is 6.36. The number of nitrogens with two attached hydrogens (primary N) is 1. The van der Waals surface area contributed by atoms with Crippen molar-refractivity contribution in [2.24, 2.45) is 0 Å². The Bertz CT molecular complexity index is 519. The van der Waals surface area contributed by atoms with Gasteiger partial charge in [0.2, 0.25) is 10.0 Å². The molecule has 0 spiro atoms. The SMILES string of the molecule is C[C@H]1CN(Cc2cnc(N)s2)CCN1S(C)(=O)=O.Cl. The van der Waals surface area contributed by atoms with E-state index in [4.69, 9.17) is 5.73 Å². The number of halogens is 1. The molecule has 0 amide bonds. The summed E-state index contributed by atoms with van der Waals surface area (Å²) in [5.74, 6) is 0. The lowest BCUT2D eigenvalue weighted by molar-refractivity contribution is 0.139. The van der Waals surface area contributed by atoms with E-state index in [1.54, 1.807) is 10.5 Å². The molecule has 0 aromatic carbocycles. The van der Waals surface area contributed by atoms with E-state index >= 15 is 0 Å². The summed E-state index contributed by atoms with van der Waals surface area (Å²) in [6.45, 7) is 4.76. The Morgan fingerprint density at radius 3 is 2.68 bits per heavy atom. The van der Waals surface area contributed by atoms with Crippen LogP contribution >= 0.6 is 23.7 Å². The Hall–Kier alpha value is -0.410. The molecule has 0 aliphatic carbocycles. The Balaban J connectivity index is 0.00000180. The molecular weight excluding hydrogens is 308 g/mol. The quantitative estimate of drug-likeness (QED) is 0.880. The Morgan fingerprint density at radius 2 is 2.21 bits per heavy atom. The number of hydrogen-bond donors (Lipinski definition) is 1. The minimum Gasteiger partial charge on any atom is -0.375 e. The van der Waals surface area contributed by atoms with E-state index in [2.05, 4.69) is 9.88 Å². The minimum atomic E-state index is -3.09. The zero-order chi connectivity index (χ0) is 13.3. The number of piperazine rings is 1. The summed E-state index contributed by atoms with van der Waals surface area (Å²) >= 11 is 1.48. The largest absolute Gasteiger partial charge is 0.375 e. The number of nitrogens with zero attached hydrogens (tertiary/aromatic N) is 3. The standard InChI is InChI=1S/C10H18N4O2S2.ClH/c1-8-6-13(3-4-14(8)18(2,15)16)7-9-5-12-10(11)17-9;/h5,8H,3-4,6-7H2,1-2H3,(H2,11,12);1H/t8-;/m0./s1. The van der Waals surface area contributed by atoms with Gasteiger partial charge < -0.3 is 5.73 Å². The molecule has 1 atom stereocenters. The van der Waals surface area contributed by atoms with Gasteiger partial charge in [0.1, 0.15) is 0 Å². The van der Waals surface area contributed by atoms with Gasteiger partial charge in [-0.05, 0) is 6.92 Å². The molecule has 1 fully saturated rings. The number of nitrogen functional groups attached to an aromatic ring is 1. The molecule has 1 aliphatic rings. The maximum absolute atomic E-state index is 11.5. The molecule has 2 N–H and O–H groups in total. The summed E-state index contributed by atoms with van der Waals surface area (Å²) in [7, 11) is -3.09. The average molecular weight is 327 g/mol. The van der Waals surface area contributed by atoms with Gasteiger partial charge in [0.25, 0.3) is 0 Å². The summed E-state index contributed by atoms with van der Waals surface area (Å²) in [5, 5.41) is 0.577. The first kappa shape index (κ1) is 16.6. The first-order valence-electron chi connectivity index (χ1n) is 5.75. The molecule has 1 aromatic heterocycles. The van der Waals surface area contributed by atoms with E-state index in [1.807, 2.05) is 6.92 Å². The Kier molecular flexibility index (Phi) is 5.57. The van der Waals surface area contributed by atoms with Crippen LogP contribution in [0.3, 0.4) is 0 Å². The second-order valence-corrected chi connectivity index (χ2v) is 7.70. The van der Waals surface area contributed by atoms with E-state index in [-0.39, 0.29) is 18.4 Å². The van der Waals surface area contributed by atoms with E-state index in [0.29, 0.717) is 11.7 Å². The van der Waals surface area contributed by atoms with Crippen molar-refractivity contribution in [2.75, 3.05) is 31.6 Å². The molecule has 1 aliphatic heterocycles. The van der Waals surface area contributed by atoms with Gasteiger partial charge >= 0.3 is 0 Å². The molecule has 1 saturated heterocycles. The van der Waals surface area contributed by atoms with Crippen LogP contribution in [-0.4, -0.2) is 54.5 Å². The van der Waals surface area contributed by atoms with Gasteiger partial charge in [-0.25, -0.2) is 13.4 Å². The third-order valence-electron chi connectivity index (χ3n) is 3.03. The smallest absolute Gasteiger partial charge is 0.211 e. The van der Waals surface area contributed by atoms with Crippen molar-refractivity contribution >= 4 is 38.9 Å². The van der Waals surface area contributed by atoms with Crippen LogP contribution in [0.25, 0.3) is 0 Å². The van der Waals surface area contributed by atoms with Crippen LogP contribution < -0.4 is 5.73 Å². The van der Waals surface area contributed by atoms with Crippen LogP contribution in [0.15, 0.2) is 6.20 Å². The van der Waals surface area contributed by atoms with Gasteiger partial charge in [0.15, 0.2) is 5.13 Å². The highest BCUT2D eigenvalue weighted by Gasteiger charge is 2.29. The van der Waals surface area contributed by atoms with Gasteiger partial charge in [-0.3, -0.25) is 4.90 Å². The predicted molar refractivity (Wildman–Crippen MR) is 80.1 cm³/mol. The Morgan fingerprint density at radius 1 is 1.53 bits per heavy atom. The van der Waals surface area contributed by atoms with E-state index < -0.39 is 10.0 Å². The maximum atomic E-state index is 11.5. The van der Waals surface area contributed by atoms with Crippen molar-refractivity contribution in [1.82, 2.24) is 14.2 Å². The van der Waals surface area contributed by atoms with E-state index in [1.165, 1.54) is 17.6 Å². The van der Waals surface area contributed by atoms with Crippen LogP contribution in [0.5, 0.6) is 0 Å². The molecule has 19 heavy (non-hydrogen) atoms. The lowest BCUT2D eigenvalue weighted by Gasteiger charge is -2.38. The van der Waals surface area contributed by atoms with Crippen LogP contribution in [0.2, 0.25) is 0 Å². The average Bonchev–Trinajstić information content (AvgIpc) is 2.62. The molecule has 0 unspecified atom stereocenters. The van der Waals surface area contributed by atoms with Gasteiger partial charge in [-0.1, -0.05) is 0 Å². The molecule has 6 nitrogen and oxygen atoms in total. The van der Waals surface area contributed by atoms with Crippen LogP contribution in [-0.2, 0) is 16.6 Å². The minimum absolute atomic E-state index is 0. The third-order valence-corrected chi connectivity index (χ3v) is 5.23. The highest BCUT2D eigenvalue weighted by atomic mass is 35.5. The fraction of sp³-hybridized carbons (Fsp3) is 0.700. The highest BCUT2D eigenvalue weighted by Crippen LogP contribution is 2.19. The van der Waals surface area contributed by atoms with Crippen molar-refractivity contribution < 1.29 is 8.42 Å². The fourth-order valence-electron chi connectivity index (χ4n) is 2.27. The van der Waals surface area contributed by atoms with Crippen molar-refractivity contribution in [3.05, 3.63) is 11.1 Å². The number of sulfonamides is 1. The van der Waals surface area contributed by atoms with Crippen LogP contribution in [0, 0.1) is 0 Å². The van der Waals surface area contributed by atoms with Crippen molar-refractivity contribution in [3.63, 3.8) is 0 Å². The van der Waals surface area contributed by atoms with E-state index in [9.17, 15) is 8.42 Å². The fourth-order valence-corrected chi connectivity index (χ4v) is 4.13. The molecule has 1 aromatic rings. The zero-order valence-electron chi connectivity index (χ0n) is 10.9. The normalized spacial score (nSPS) is 22.1. The summed E-state index contributed by atoms with van der Waals surface area (Å²) in [6, 6.07) is 0.0130. The van der Waals surface area contributed by atoms with Crippen molar-refractivity contribution in [1.29, 1.82) is 0 Å². The van der Waals surface area contributed by atoms with Gasteiger partial charge in [0, 0.05) is 43.3 Å². The predicted octanol–water partition coefficient (Wildman–Crippen LogP) is 0.613. The first-order chi connectivity index (χ1) is 8.36. The highest BCUT2D eigenvalue weighted by molar-refractivity contribution is 7.88. The molecule has 0 saturated carbocycles. The van der Waals surface area contributed by atoms with Gasteiger partial charge in [-0.15, -0.1) is 23.7 Å². The molecule has 0 radical (unpaired) electrons. The van der Waals surface area contributed by atoms with Crippen molar-refractivity contribution in [2.45, 2.75) is 19.5 Å². The third kappa shape index (κ3) is 4.28. The zero-order valence-corrected chi connectivity index (χ0v) is 13.4. The molecule has 0 bridgehead atoms. The van der Waals surface area contributed by atoms with Gasteiger partial charge in [-0.2, -0.15) is 4.31 Å². The number of hydrogen-bond acceptors (Lipinski definition) is 6. The summed E-state index contributed by atoms with van der Waals surface area (Å²) < 4.78 is 24.7. The van der Waals surface area contributed by atoms with Crippen LogP contribution in [0.4, 0.5) is 5.13 Å². The second-order valence-electron chi connectivity index (χ2n) is 4.62. The summed E-state index contributed by atoms with van der Waals surface area (Å²) in [5.41, 5.74) is 5.59. The van der Waals surface area contributed by atoms with Gasteiger partial charge in [0.05, 0.1) is 6.26 Å². The molecular formula is C10H19ClN4O2S2. The number of thiazole rings is 1. The van der Waals surface area contributed by atoms with Crippen molar-refractivity contribution in [3.8, 4) is 0 Å². The number of rotatable bonds is 3. The molecule has 2 heterocycles. The molecule has 2 rings (SSSR count). The number of aromatic nitrogens is 1. The molecule has 110 valence electrons.